The number of ether oxygens (including phenoxy) is 1. The number of benzene rings is 1. The number of halogens is 4. The van der Waals surface area contributed by atoms with Crippen molar-refractivity contribution in [3.8, 4) is 0 Å². The maximum Gasteiger partial charge on any atom is 0.416 e. The van der Waals surface area contributed by atoms with E-state index in [4.69, 9.17) is 11.6 Å². The predicted octanol–water partition coefficient (Wildman–Crippen LogP) is 3.07. The summed E-state index contributed by atoms with van der Waals surface area (Å²) in [7, 11) is 1.10. The van der Waals surface area contributed by atoms with Gasteiger partial charge in [-0.25, -0.2) is 0 Å². The van der Waals surface area contributed by atoms with E-state index in [9.17, 15) is 18.0 Å². The summed E-state index contributed by atoms with van der Waals surface area (Å²) < 4.78 is 42.0. The van der Waals surface area contributed by atoms with Crippen LogP contribution in [0.15, 0.2) is 18.2 Å². The van der Waals surface area contributed by atoms with Crippen molar-refractivity contribution in [2.45, 2.75) is 12.6 Å². The summed E-state index contributed by atoms with van der Waals surface area (Å²) >= 11 is 5.63. The second kappa shape index (κ2) is 4.74. The van der Waals surface area contributed by atoms with E-state index in [1.54, 1.807) is 0 Å². The van der Waals surface area contributed by atoms with Crippen LogP contribution < -0.4 is 0 Å². The van der Waals surface area contributed by atoms with Crippen molar-refractivity contribution in [3.63, 3.8) is 0 Å². The third-order valence-electron chi connectivity index (χ3n) is 1.97. The topological polar surface area (TPSA) is 26.3 Å². The fourth-order valence-electron chi connectivity index (χ4n) is 1.22. The van der Waals surface area contributed by atoms with Crippen molar-refractivity contribution in [1.29, 1.82) is 0 Å². The van der Waals surface area contributed by atoms with E-state index >= 15 is 0 Å². The van der Waals surface area contributed by atoms with E-state index in [2.05, 4.69) is 4.74 Å². The van der Waals surface area contributed by atoms with E-state index in [0.29, 0.717) is 0 Å². The lowest BCUT2D eigenvalue weighted by Crippen LogP contribution is -2.13. The number of hydrogen-bond acceptors (Lipinski definition) is 2. The highest BCUT2D eigenvalue weighted by Gasteiger charge is 2.34. The molecule has 0 unspecified atom stereocenters. The van der Waals surface area contributed by atoms with Gasteiger partial charge < -0.3 is 4.74 Å². The molecule has 0 saturated carbocycles. The lowest BCUT2D eigenvalue weighted by Gasteiger charge is -2.13. The van der Waals surface area contributed by atoms with Crippen LogP contribution in [0.1, 0.15) is 11.1 Å². The first kappa shape index (κ1) is 12.8. The third kappa shape index (κ3) is 2.88. The van der Waals surface area contributed by atoms with Crippen molar-refractivity contribution >= 4 is 17.6 Å². The largest absolute Gasteiger partial charge is 0.469 e. The summed E-state index contributed by atoms with van der Waals surface area (Å²) in [6, 6.07) is 3.37. The van der Waals surface area contributed by atoms with Gasteiger partial charge in [-0.05, 0) is 17.7 Å². The van der Waals surface area contributed by atoms with Gasteiger partial charge in [-0.3, -0.25) is 4.79 Å². The van der Waals surface area contributed by atoms with Crippen LogP contribution in [0.4, 0.5) is 13.2 Å². The summed E-state index contributed by atoms with van der Waals surface area (Å²) in [5, 5.41) is -0.0970. The lowest BCUT2D eigenvalue weighted by molar-refractivity contribution is -0.141. The molecule has 0 atom stereocenters. The summed E-state index contributed by atoms with van der Waals surface area (Å²) in [5.74, 6) is -0.765. The van der Waals surface area contributed by atoms with Gasteiger partial charge in [-0.2, -0.15) is 13.2 Å². The van der Waals surface area contributed by atoms with Gasteiger partial charge in [0.1, 0.15) is 0 Å². The first-order valence-electron chi connectivity index (χ1n) is 4.27. The molecule has 0 fully saturated rings. The smallest absolute Gasteiger partial charge is 0.416 e. The minimum atomic E-state index is -4.53. The third-order valence-corrected chi connectivity index (χ3v) is 2.33. The molecule has 1 aromatic carbocycles. The van der Waals surface area contributed by atoms with Gasteiger partial charge >= 0.3 is 12.1 Å². The number of hydrogen-bond donors (Lipinski definition) is 0. The molecule has 0 heterocycles. The lowest BCUT2D eigenvalue weighted by atomic mass is 10.0. The molecule has 0 amide bonds. The molecular weight excluding hydrogens is 245 g/mol. The minimum absolute atomic E-state index is 0.0970. The summed E-state index contributed by atoms with van der Waals surface area (Å²) in [4.78, 5) is 11.0. The number of methoxy groups -OCH3 is 1. The van der Waals surface area contributed by atoms with Gasteiger partial charge in [0.15, 0.2) is 0 Å². The number of rotatable bonds is 2. The zero-order valence-electron chi connectivity index (χ0n) is 8.27. The molecule has 0 aliphatic heterocycles. The van der Waals surface area contributed by atoms with Gasteiger partial charge in [-0.15, -0.1) is 0 Å². The second-order valence-corrected chi connectivity index (χ2v) is 3.42. The van der Waals surface area contributed by atoms with Crippen LogP contribution in [0, 0.1) is 0 Å². The Morgan fingerprint density at radius 1 is 1.44 bits per heavy atom. The Kier molecular flexibility index (Phi) is 3.80. The van der Waals surface area contributed by atoms with Crippen LogP contribution >= 0.6 is 11.6 Å². The molecule has 1 aromatic rings. The average Bonchev–Trinajstić information content (AvgIpc) is 2.19. The van der Waals surface area contributed by atoms with Crippen molar-refractivity contribution in [1.82, 2.24) is 0 Å². The number of alkyl halides is 3. The SMILES string of the molecule is COC(=O)Cc1c(Cl)cccc1C(F)(F)F. The van der Waals surface area contributed by atoms with Crippen LogP contribution in [-0.2, 0) is 22.1 Å². The highest BCUT2D eigenvalue weighted by Crippen LogP contribution is 2.35. The zero-order chi connectivity index (χ0) is 12.3. The van der Waals surface area contributed by atoms with Crippen LogP contribution in [0.2, 0.25) is 5.02 Å². The molecule has 0 aliphatic rings. The maximum atomic E-state index is 12.6. The molecule has 0 aromatic heterocycles. The molecule has 0 N–H and O–H groups in total. The molecule has 0 radical (unpaired) electrons. The standard InChI is InChI=1S/C10H8ClF3O2/c1-16-9(15)5-6-7(10(12,13)14)3-2-4-8(6)11/h2-4H,5H2,1H3. The Morgan fingerprint density at radius 3 is 2.56 bits per heavy atom. The molecular formula is C10H8ClF3O2. The first-order valence-corrected chi connectivity index (χ1v) is 4.65. The van der Waals surface area contributed by atoms with Gasteiger partial charge in [0.25, 0.3) is 0 Å². The summed E-state index contributed by atoms with van der Waals surface area (Å²) in [6.07, 6.45) is -5.03. The Hall–Kier alpha value is -1.23. The highest BCUT2D eigenvalue weighted by molar-refractivity contribution is 6.31. The fraction of sp³-hybridized carbons (Fsp3) is 0.300. The molecule has 2 nitrogen and oxygen atoms in total. The van der Waals surface area contributed by atoms with Crippen LogP contribution in [0.5, 0.6) is 0 Å². The summed E-state index contributed by atoms with van der Waals surface area (Å²) in [6.45, 7) is 0. The van der Waals surface area contributed by atoms with Crippen LogP contribution in [0.25, 0.3) is 0 Å². The molecule has 6 heteroatoms. The zero-order valence-corrected chi connectivity index (χ0v) is 9.02. The molecule has 88 valence electrons. The normalized spacial score (nSPS) is 11.3. The van der Waals surface area contributed by atoms with E-state index in [-0.39, 0.29) is 10.6 Å². The van der Waals surface area contributed by atoms with Crippen molar-refractivity contribution in [2.75, 3.05) is 7.11 Å². The van der Waals surface area contributed by atoms with Gasteiger partial charge in [0.05, 0.1) is 19.1 Å². The first-order chi connectivity index (χ1) is 7.36. The van der Waals surface area contributed by atoms with E-state index in [1.165, 1.54) is 12.1 Å². The Bertz CT molecular complexity index is 402. The monoisotopic (exact) mass is 252 g/mol. The number of carbonyl (C=O) groups excluding carboxylic acids is 1. The van der Waals surface area contributed by atoms with Crippen molar-refractivity contribution < 1.29 is 22.7 Å². The minimum Gasteiger partial charge on any atom is -0.469 e. The fourth-order valence-corrected chi connectivity index (χ4v) is 1.46. The van der Waals surface area contributed by atoms with Crippen molar-refractivity contribution in [3.05, 3.63) is 34.3 Å². The second-order valence-electron chi connectivity index (χ2n) is 3.02. The van der Waals surface area contributed by atoms with E-state index < -0.39 is 24.1 Å². The van der Waals surface area contributed by atoms with Gasteiger partial charge in [-0.1, -0.05) is 17.7 Å². The van der Waals surface area contributed by atoms with E-state index in [0.717, 1.165) is 13.2 Å². The Balaban J connectivity index is 3.19. The molecule has 0 spiro atoms. The Labute approximate surface area is 95.0 Å². The van der Waals surface area contributed by atoms with E-state index in [1.807, 2.05) is 0 Å². The van der Waals surface area contributed by atoms with Gasteiger partial charge in [0.2, 0.25) is 0 Å². The molecule has 0 aliphatic carbocycles. The molecule has 0 bridgehead atoms. The van der Waals surface area contributed by atoms with Crippen LogP contribution in [-0.4, -0.2) is 13.1 Å². The summed E-state index contributed by atoms with van der Waals surface area (Å²) in [5.41, 5.74) is -1.17. The molecule has 0 saturated heterocycles. The van der Waals surface area contributed by atoms with Crippen molar-refractivity contribution in [2.24, 2.45) is 0 Å². The highest BCUT2D eigenvalue weighted by atomic mass is 35.5. The maximum absolute atomic E-state index is 12.6. The Morgan fingerprint density at radius 2 is 2.06 bits per heavy atom. The number of esters is 1. The molecule has 1 rings (SSSR count). The number of carbonyl (C=O) groups is 1. The predicted molar refractivity (Wildman–Crippen MR) is 52.2 cm³/mol. The molecule has 16 heavy (non-hydrogen) atoms. The van der Waals surface area contributed by atoms with Gasteiger partial charge in [0, 0.05) is 5.02 Å². The average molecular weight is 253 g/mol. The van der Waals surface area contributed by atoms with Crippen LogP contribution in [0.3, 0.4) is 0 Å². The quantitative estimate of drug-likeness (QED) is 0.756.